The van der Waals surface area contributed by atoms with E-state index in [-0.39, 0.29) is 11.8 Å². The minimum atomic E-state index is -0.754. The van der Waals surface area contributed by atoms with Crippen LogP contribution in [0.1, 0.15) is 32.1 Å². The van der Waals surface area contributed by atoms with Gasteiger partial charge in [0.2, 0.25) is 5.91 Å². The van der Waals surface area contributed by atoms with Crippen LogP contribution in [-0.2, 0) is 9.53 Å². The summed E-state index contributed by atoms with van der Waals surface area (Å²) >= 11 is 3.41. The van der Waals surface area contributed by atoms with Crippen molar-refractivity contribution in [1.29, 1.82) is 0 Å². The maximum absolute atomic E-state index is 13.2. The van der Waals surface area contributed by atoms with E-state index in [2.05, 4.69) is 36.0 Å². The number of aliphatic hydroxyl groups is 1. The molecule has 156 valence electrons. The van der Waals surface area contributed by atoms with Crippen LogP contribution in [0.2, 0.25) is 0 Å². The Bertz CT molecular complexity index is 868. The molecule has 3 atom stereocenters. The third-order valence-electron chi connectivity index (χ3n) is 5.06. The zero-order valence-electron chi connectivity index (χ0n) is 16.6. The Morgan fingerprint density at radius 3 is 2.66 bits per heavy atom. The van der Waals surface area contributed by atoms with Gasteiger partial charge >= 0.3 is 6.09 Å². The summed E-state index contributed by atoms with van der Waals surface area (Å²) in [6.45, 7) is 4.07. The van der Waals surface area contributed by atoms with Gasteiger partial charge in [0.05, 0.1) is 18.9 Å². The Morgan fingerprint density at radius 2 is 2.03 bits per heavy atom. The summed E-state index contributed by atoms with van der Waals surface area (Å²) in [6.07, 6.45) is 0.796. The van der Waals surface area contributed by atoms with Gasteiger partial charge in [-0.2, -0.15) is 0 Å². The standard InChI is InChI=1S/C20H25BrN4O4/c1-11(2)16(24-20(28)29-3)19(27)25-9-8-15(26)17(25)18-22-10-14(23-18)12-4-6-13(21)7-5-12/h4-7,10-11,15-17,26H,8-9H2,1-3H3,(H,22,23)(H,24,28)/t15?,16-,17-/m0/s1. The van der Waals surface area contributed by atoms with E-state index in [9.17, 15) is 14.7 Å². The Labute approximate surface area is 177 Å². The number of hydrogen-bond donors (Lipinski definition) is 3. The van der Waals surface area contributed by atoms with E-state index >= 15 is 0 Å². The highest BCUT2D eigenvalue weighted by Crippen LogP contribution is 2.33. The van der Waals surface area contributed by atoms with Crippen LogP contribution in [0.3, 0.4) is 0 Å². The van der Waals surface area contributed by atoms with Crippen LogP contribution in [-0.4, -0.2) is 57.8 Å². The fraction of sp³-hybridized carbons (Fsp3) is 0.450. The first kappa shape index (κ1) is 21.3. The summed E-state index contributed by atoms with van der Waals surface area (Å²) in [6, 6.07) is 6.37. The summed E-state index contributed by atoms with van der Waals surface area (Å²) in [4.78, 5) is 34.2. The number of aliphatic hydroxyl groups excluding tert-OH is 1. The Kier molecular flexibility index (Phi) is 6.59. The molecule has 2 amide bonds. The summed E-state index contributed by atoms with van der Waals surface area (Å²) in [7, 11) is 1.26. The van der Waals surface area contributed by atoms with Gasteiger partial charge in [0, 0.05) is 22.8 Å². The summed E-state index contributed by atoms with van der Waals surface area (Å²) in [5, 5.41) is 13.2. The van der Waals surface area contributed by atoms with Gasteiger partial charge in [0.25, 0.3) is 0 Å². The van der Waals surface area contributed by atoms with Crippen LogP contribution >= 0.6 is 15.9 Å². The highest BCUT2D eigenvalue weighted by Gasteiger charge is 2.42. The van der Waals surface area contributed by atoms with E-state index in [1.54, 1.807) is 11.1 Å². The topological polar surface area (TPSA) is 108 Å². The molecule has 0 radical (unpaired) electrons. The molecule has 1 fully saturated rings. The second-order valence-corrected chi connectivity index (χ2v) is 8.28. The molecule has 2 aromatic rings. The zero-order valence-corrected chi connectivity index (χ0v) is 18.1. The molecule has 29 heavy (non-hydrogen) atoms. The largest absolute Gasteiger partial charge is 0.453 e. The van der Waals surface area contributed by atoms with Crippen LogP contribution in [0.15, 0.2) is 34.9 Å². The highest BCUT2D eigenvalue weighted by atomic mass is 79.9. The minimum Gasteiger partial charge on any atom is -0.453 e. The van der Waals surface area contributed by atoms with Crippen molar-refractivity contribution in [2.45, 2.75) is 38.5 Å². The van der Waals surface area contributed by atoms with Crippen molar-refractivity contribution < 1.29 is 19.4 Å². The lowest BCUT2D eigenvalue weighted by molar-refractivity contribution is -0.136. The first-order valence-electron chi connectivity index (χ1n) is 9.46. The van der Waals surface area contributed by atoms with Crippen LogP contribution in [0.5, 0.6) is 0 Å². The van der Waals surface area contributed by atoms with Gasteiger partial charge in [0.1, 0.15) is 17.9 Å². The number of ether oxygens (including phenoxy) is 1. The number of methoxy groups -OCH3 is 1. The van der Waals surface area contributed by atoms with Crippen molar-refractivity contribution in [3.05, 3.63) is 40.8 Å². The Hall–Kier alpha value is -2.39. The fourth-order valence-corrected chi connectivity index (χ4v) is 3.75. The number of carbonyl (C=O) groups excluding carboxylic acids is 2. The normalized spacial score (nSPS) is 20.0. The summed E-state index contributed by atoms with van der Waals surface area (Å²) in [5.41, 5.74) is 1.65. The molecule has 1 aliphatic heterocycles. The number of alkyl carbamates (subject to hydrolysis) is 1. The number of benzene rings is 1. The number of amides is 2. The number of rotatable bonds is 5. The van der Waals surface area contributed by atoms with E-state index in [0.29, 0.717) is 18.8 Å². The molecular weight excluding hydrogens is 440 g/mol. The third kappa shape index (κ3) is 4.62. The second-order valence-electron chi connectivity index (χ2n) is 7.37. The third-order valence-corrected chi connectivity index (χ3v) is 5.59. The molecule has 2 heterocycles. The van der Waals surface area contributed by atoms with Gasteiger partial charge in [-0.1, -0.05) is 41.9 Å². The number of halogens is 1. The van der Waals surface area contributed by atoms with Crippen molar-refractivity contribution in [2.24, 2.45) is 5.92 Å². The van der Waals surface area contributed by atoms with Gasteiger partial charge in [-0.15, -0.1) is 0 Å². The molecule has 1 unspecified atom stereocenters. The predicted molar refractivity (Wildman–Crippen MR) is 111 cm³/mol. The number of imidazole rings is 1. The molecule has 0 bridgehead atoms. The summed E-state index contributed by atoms with van der Waals surface area (Å²) < 4.78 is 5.62. The van der Waals surface area contributed by atoms with Crippen molar-refractivity contribution in [2.75, 3.05) is 13.7 Å². The number of aromatic nitrogens is 2. The lowest BCUT2D eigenvalue weighted by Gasteiger charge is -2.30. The lowest BCUT2D eigenvalue weighted by Crippen LogP contribution is -2.51. The molecule has 8 nitrogen and oxygen atoms in total. The molecule has 9 heteroatoms. The Morgan fingerprint density at radius 1 is 1.34 bits per heavy atom. The molecule has 1 aliphatic rings. The predicted octanol–water partition coefficient (Wildman–Crippen LogP) is 2.85. The van der Waals surface area contributed by atoms with Gasteiger partial charge in [-0.25, -0.2) is 9.78 Å². The maximum Gasteiger partial charge on any atom is 0.407 e. The first-order chi connectivity index (χ1) is 13.8. The first-order valence-corrected chi connectivity index (χ1v) is 10.3. The molecule has 0 spiro atoms. The van der Waals surface area contributed by atoms with E-state index in [1.165, 1.54) is 7.11 Å². The lowest BCUT2D eigenvalue weighted by atomic mass is 10.0. The van der Waals surface area contributed by atoms with Crippen molar-refractivity contribution in [1.82, 2.24) is 20.2 Å². The number of carbonyl (C=O) groups is 2. The molecule has 3 rings (SSSR count). The van der Waals surface area contributed by atoms with Crippen LogP contribution < -0.4 is 5.32 Å². The van der Waals surface area contributed by atoms with E-state index in [0.717, 1.165) is 15.7 Å². The average Bonchev–Trinajstić information content (AvgIpc) is 3.32. The molecule has 0 saturated carbocycles. The van der Waals surface area contributed by atoms with Crippen molar-refractivity contribution in [3.63, 3.8) is 0 Å². The van der Waals surface area contributed by atoms with E-state index < -0.39 is 24.3 Å². The minimum absolute atomic E-state index is 0.144. The SMILES string of the molecule is COC(=O)N[C@H](C(=O)N1CCC(O)[C@H]1c1nc(-c2ccc(Br)cc2)c[nH]1)C(C)C. The van der Waals surface area contributed by atoms with Crippen molar-refractivity contribution >= 4 is 27.9 Å². The zero-order chi connectivity index (χ0) is 21.1. The van der Waals surface area contributed by atoms with Crippen molar-refractivity contribution in [3.8, 4) is 11.3 Å². The molecule has 1 aromatic heterocycles. The number of nitrogens with zero attached hydrogens (tertiary/aromatic N) is 2. The van der Waals surface area contributed by atoms with E-state index in [4.69, 9.17) is 0 Å². The fourth-order valence-electron chi connectivity index (χ4n) is 3.49. The molecule has 0 aliphatic carbocycles. The maximum atomic E-state index is 13.2. The van der Waals surface area contributed by atoms with Gasteiger partial charge in [-0.05, 0) is 24.5 Å². The van der Waals surface area contributed by atoms with Crippen LogP contribution in [0, 0.1) is 5.92 Å². The second kappa shape index (κ2) is 8.96. The molecule has 1 saturated heterocycles. The van der Waals surface area contributed by atoms with Crippen LogP contribution in [0.4, 0.5) is 4.79 Å². The molecule has 3 N–H and O–H groups in total. The number of H-pyrrole nitrogens is 1. The number of likely N-dealkylation sites (tertiary alicyclic amines) is 1. The quantitative estimate of drug-likeness (QED) is 0.630. The Balaban J connectivity index is 1.85. The highest BCUT2D eigenvalue weighted by molar-refractivity contribution is 9.10. The average molecular weight is 465 g/mol. The van der Waals surface area contributed by atoms with Gasteiger partial charge in [0.15, 0.2) is 0 Å². The van der Waals surface area contributed by atoms with Crippen LogP contribution in [0.25, 0.3) is 11.3 Å². The smallest absolute Gasteiger partial charge is 0.407 e. The van der Waals surface area contributed by atoms with E-state index in [1.807, 2.05) is 38.1 Å². The summed E-state index contributed by atoms with van der Waals surface area (Å²) in [5.74, 6) is 0.102. The van der Waals surface area contributed by atoms with Gasteiger partial charge < -0.3 is 25.0 Å². The van der Waals surface area contributed by atoms with Gasteiger partial charge in [-0.3, -0.25) is 4.79 Å². The monoisotopic (exact) mass is 464 g/mol. The number of aromatic amines is 1. The number of nitrogens with one attached hydrogen (secondary N) is 2. The number of hydrogen-bond acceptors (Lipinski definition) is 5. The molecule has 1 aromatic carbocycles. The molecular formula is C20H25BrN4O4.